The number of hydrogen-bond acceptors (Lipinski definition) is 2. The van der Waals surface area contributed by atoms with Crippen LogP contribution in [-0.2, 0) is 24.7 Å². The smallest absolute Gasteiger partial charge is 0.244 e. The molecule has 0 radical (unpaired) electrons. The molecule has 0 saturated heterocycles. The third kappa shape index (κ3) is 3.63. The van der Waals surface area contributed by atoms with Gasteiger partial charge in [-0.25, -0.2) is 5.43 Å². The van der Waals surface area contributed by atoms with Gasteiger partial charge in [-0.2, -0.15) is 5.10 Å². The van der Waals surface area contributed by atoms with Gasteiger partial charge in [-0.05, 0) is 30.5 Å². The lowest BCUT2D eigenvalue weighted by atomic mass is 10.1. The van der Waals surface area contributed by atoms with Gasteiger partial charge in [-0.15, -0.1) is 0 Å². The molecule has 1 aromatic heterocycles. The normalized spacial score (nSPS) is 11.3. The lowest BCUT2D eigenvalue weighted by Gasteiger charge is -2.02. The molecule has 0 fully saturated rings. The summed E-state index contributed by atoms with van der Waals surface area (Å²) in [6, 6.07) is 16.3. The topological polar surface area (TPSA) is 46.4 Å². The van der Waals surface area contributed by atoms with Gasteiger partial charge in [-0.3, -0.25) is 4.79 Å². The number of aryl methyl sites for hydroxylation is 2. The van der Waals surface area contributed by atoms with Crippen molar-refractivity contribution in [3.63, 3.8) is 0 Å². The fourth-order valence-corrected chi connectivity index (χ4v) is 3.00. The number of para-hydroxylation sites is 1. The second-order valence-corrected chi connectivity index (χ2v) is 6.22. The Bertz CT molecular complexity index is 920. The van der Waals surface area contributed by atoms with E-state index in [1.165, 1.54) is 5.56 Å². The number of benzene rings is 2. The van der Waals surface area contributed by atoms with Crippen LogP contribution in [0.4, 0.5) is 0 Å². The zero-order valence-electron chi connectivity index (χ0n) is 14.9. The minimum absolute atomic E-state index is 0.113. The Labute approximate surface area is 148 Å². The molecule has 1 heterocycles. The molecule has 0 bridgehead atoms. The molecule has 0 aliphatic carbocycles. The number of carbonyl (C=O) groups is 1. The lowest BCUT2D eigenvalue weighted by Crippen LogP contribution is -2.19. The lowest BCUT2D eigenvalue weighted by molar-refractivity contribution is -0.120. The highest BCUT2D eigenvalue weighted by Gasteiger charge is 2.09. The highest BCUT2D eigenvalue weighted by Crippen LogP contribution is 2.22. The van der Waals surface area contributed by atoms with Crippen molar-refractivity contribution in [2.75, 3.05) is 0 Å². The largest absolute Gasteiger partial charge is 0.347 e. The number of fused-ring (bicyclic) bond motifs is 1. The first-order valence-corrected chi connectivity index (χ1v) is 8.54. The molecular formula is C21H23N3O. The van der Waals surface area contributed by atoms with Crippen molar-refractivity contribution in [1.82, 2.24) is 9.99 Å². The van der Waals surface area contributed by atoms with Crippen molar-refractivity contribution >= 4 is 23.0 Å². The summed E-state index contributed by atoms with van der Waals surface area (Å²) in [6.45, 7) is 4.17. The molecule has 4 heteroatoms. The summed E-state index contributed by atoms with van der Waals surface area (Å²) >= 11 is 0. The zero-order chi connectivity index (χ0) is 17.8. The van der Waals surface area contributed by atoms with Crippen LogP contribution in [0.3, 0.4) is 0 Å². The van der Waals surface area contributed by atoms with Crippen molar-refractivity contribution in [2.24, 2.45) is 12.1 Å². The maximum Gasteiger partial charge on any atom is 0.244 e. The molecule has 1 amide bonds. The number of hydrogen-bond donors (Lipinski definition) is 1. The van der Waals surface area contributed by atoms with Gasteiger partial charge in [0.05, 0.1) is 12.6 Å². The molecule has 0 atom stereocenters. The molecule has 3 rings (SSSR count). The first-order valence-electron chi connectivity index (χ1n) is 8.54. The van der Waals surface area contributed by atoms with Crippen molar-refractivity contribution in [3.05, 3.63) is 70.9 Å². The van der Waals surface area contributed by atoms with Crippen molar-refractivity contribution < 1.29 is 4.79 Å². The van der Waals surface area contributed by atoms with Crippen LogP contribution in [-0.4, -0.2) is 16.7 Å². The maximum absolute atomic E-state index is 12.1. The van der Waals surface area contributed by atoms with Gasteiger partial charge in [0.1, 0.15) is 0 Å². The molecule has 0 unspecified atom stereocenters. The quantitative estimate of drug-likeness (QED) is 0.561. The van der Waals surface area contributed by atoms with Gasteiger partial charge in [0, 0.05) is 29.2 Å². The van der Waals surface area contributed by atoms with E-state index in [1.54, 1.807) is 6.21 Å². The van der Waals surface area contributed by atoms with Gasteiger partial charge in [0.25, 0.3) is 0 Å². The van der Waals surface area contributed by atoms with Crippen LogP contribution >= 0.6 is 0 Å². The summed E-state index contributed by atoms with van der Waals surface area (Å²) in [5.74, 6) is -0.113. The minimum Gasteiger partial charge on any atom is -0.347 e. The summed E-state index contributed by atoms with van der Waals surface area (Å²) in [6.07, 6.45) is 3.06. The molecule has 128 valence electrons. The second kappa shape index (κ2) is 7.34. The number of hydrazone groups is 1. The summed E-state index contributed by atoms with van der Waals surface area (Å²) in [4.78, 5) is 12.1. The fraction of sp³-hybridized carbons (Fsp3) is 0.238. The molecule has 0 spiro atoms. The van der Waals surface area contributed by atoms with Gasteiger partial charge in [-0.1, -0.05) is 49.4 Å². The Morgan fingerprint density at radius 2 is 1.80 bits per heavy atom. The SMILES string of the molecule is CCc1ccc(CC(=O)N/N=C\c2c(C)n(C)c3ccccc23)cc1. The Morgan fingerprint density at radius 3 is 2.52 bits per heavy atom. The number of nitrogens with zero attached hydrogens (tertiary/aromatic N) is 2. The molecule has 2 aromatic carbocycles. The van der Waals surface area contributed by atoms with Crippen LogP contribution in [0.25, 0.3) is 10.9 Å². The predicted octanol–water partition coefficient (Wildman–Crippen LogP) is 3.74. The van der Waals surface area contributed by atoms with Crippen LogP contribution in [0.5, 0.6) is 0 Å². The maximum atomic E-state index is 12.1. The van der Waals surface area contributed by atoms with Crippen LogP contribution in [0.1, 0.15) is 29.3 Å². The van der Waals surface area contributed by atoms with E-state index in [2.05, 4.69) is 53.2 Å². The van der Waals surface area contributed by atoms with E-state index in [0.29, 0.717) is 6.42 Å². The molecule has 0 aliphatic rings. The minimum atomic E-state index is -0.113. The number of nitrogens with one attached hydrogen (secondary N) is 1. The van der Waals surface area contributed by atoms with E-state index in [4.69, 9.17) is 0 Å². The van der Waals surface area contributed by atoms with Crippen LogP contribution in [0.2, 0.25) is 0 Å². The molecule has 3 aromatic rings. The first kappa shape index (κ1) is 17.0. The first-order chi connectivity index (χ1) is 12.1. The Kier molecular flexibility index (Phi) is 4.98. The van der Waals surface area contributed by atoms with E-state index in [1.807, 2.05) is 31.3 Å². The highest BCUT2D eigenvalue weighted by molar-refractivity contribution is 6.01. The van der Waals surface area contributed by atoms with Crippen molar-refractivity contribution in [1.29, 1.82) is 0 Å². The molecule has 25 heavy (non-hydrogen) atoms. The summed E-state index contributed by atoms with van der Waals surface area (Å²) in [5.41, 5.74) is 8.20. The molecule has 4 nitrogen and oxygen atoms in total. The standard InChI is InChI=1S/C21H23N3O/c1-4-16-9-11-17(12-10-16)13-21(25)23-22-14-19-15(2)24(3)20-8-6-5-7-18(19)20/h5-12,14H,4,13H2,1-3H3,(H,23,25)/b22-14-. The predicted molar refractivity (Wildman–Crippen MR) is 103 cm³/mol. The number of amides is 1. The van der Waals surface area contributed by atoms with Crippen molar-refractivity contribution in [2.45, 2.75) is 26.7 Å². The Morgan fingerprint density at radius 1 is 1.12 bits per heavy atom. The fourth-order valence-electron chi connectivity index (χ4n) is 3.00. The molecule has 0 aliphatic heterocycles. The van der Waals surface area contributed by atoms with E-state index < -0.39 is 0 Å². The summed E-state index contributed by atoms with van der Waals surface area (Å²) < 4.78 is 2.13. The van der Waals surface area contributed by atoms with Gasteiger partial charge < -0.3 is 4.57 Å². The van der Waals surface area contributed by atoms with E-state index >= 15 is 0 Å². The van der Waals surface area contributed by atoms with E-state index in [0.717, 1.165) is 34.1 Å². The molecule has 0 saturated carbocycles. The third-order valence-corrected chi connectivity index (χ3v) is 4.63. The number of carbonyl (C=O) groups excluding carboxylic acids is 1. The Balaban J connectivity index is 1.68. The second-order valence-electron chi connectivity index (χ2n) is 6.22. The monoisotopic (exact) mass is 333 g/mol. The van der Waals surface area contributed by atoms with E-state index in [-0.39, 0.29) is 5.91 Å². The van der Waals surface area contributed by atoms with Gasteiger partial charge in [0.2, 0.25) is 5.91 Å². The summed E-state index contributed by atoms with van der Waals surface area (Å²) in [5, 5.41) is 5.29. The zero-order valence-corrected chi connectivity index (χ0v) is 14.9. The summed E-state index contributed by atoms with van der Waals surface area (Å²) in [7, 11) is 2.04. The van der Waals surface area contributed by atoms with Gasteiger partial charge >= 0.3 is 0 Å². The highest BCUT2D eigenvalue weighted by atomic mass is 16.2. The molecular weight excluding hydrogens is 310 g/mol. The van der Waals surface area contributed by atoms with Crippen molar-refractivity contribution in [3.8, 4) is 0 Å². The average Bonchev–Trinajstić information content (AvgIpc) is 2.87. The van der Waals surface area contributed by atoms with Crippen LogP contribution < -0.4 is 5.43 Å². The molecule has 1 N–H and O–H groups in total. The van der Waals surface area contributed by atoms with Crippen LogP contribution in [0, 0.1) is 6.92 Å². The average molecular weight is 333 g/mol. The van der Waals surface area contributed by atoms with E-state index in [9.17, 15) is 4.79 Å². The Hall–Kier alpha value is -2.88. The van der Waals surface area contributed by atoms with Gasteiger partial charge in [0.15, 0.2) is 0 Å². The third-order valence-electron chi connectivity index (χ3n) is 4.63. The number of aromatic nitrogens is 1. The van der Waals surface area contributed by atoms with Crippen LogP contribution in [0.15, 0.2) is 53.6 Å². The number of rotatable bonds is 5.